The van der Waals surface area contributed by atoms with E-state index in [0.717, 1.165) is 11.1 Å². The molecule has 0 saturated carbocycles. The van der Waals surface area contributed by atoms with Crippen LogP contribution in [0.2, 0.25) is 0 Å². The maximum atomic E-state index is 5.66. The molecule has 0 fully saturated rings. The summed E-state index contributed by atoms with van der Waals surface area (Å²) >= 11 is 11.3. The molecule has 1 aromatic carbocycles. The molecular weight excluding hydrogens is 179 g/mol. The molecule has 0 aliphatic heterocycles. The van der Waals surface area contributed by atoms with Crippen molar-refractivity contribution in [2.75, 3.05) is 0 Å². The fraction of sp³-hybridized carbons (Fsp3) is 0.111. The van der Waals surface area contributed by atoms with E-state index in [9.17, 15) is 0 Å². The van der Waals surface area contributed by atoms with Gasteiger partial charge in [0.2, 0.25) is 0 Å². The van der Waals surface area contributed by atoms with Crippen LogP contribution in [0.1, 0.15) is 16.0 Å². The Balaban J connectivity index is 3.00. The zero-order chi connectivity index (χ0) is 8.27. The highest BCUT2D eigenvalue weighted by molar-refractivity contribution is 6.44. The number of hydrogen-bond donors (Lipinski definition) is 0. The quantitative estimate of drug-likeness (QED) is 0.617. The lowest BCUT2D eigenvalue weighted by Gasteiger charge is -2.01. The zero-order valence-electron chi connectivity index (χ0n) is 5.93. The largest absolute Gasteiger partial charge is 0.132 e. The summed E-state index contributed by atoms with van der Waals surface area (Å²) in [6.07, 6.45) is 1.76. The van der Waals surface area contributed by atoms with Gasteiger partial charge in [-0.05, 0) is 17.2 Å². The molecule has 0 bridgehead atoms. The average Bonchev–Trinajstić information content (AvgIpc) is 2.05. The monoisotopic (exact) mass is 186 g/mol. The van der Waals surface area contributed by atoms with Crippen LogP contribution in [-0.4, -0.2) is 0 Å². The second-order valence-electron chi connectivity index (χ2n) is 2.17. The number of alkyl halides is 2. The van der Waals surface area contributed by atoms with E-state index < -0.39 is 4.84 Å². The van der Waals surface area contributed by atoms with Crippen LogP contribution in [0.25, 0.3) is 6.08 Å². The molecule has 0 N–H and O–H groups in total. The Bertz CT molecular complexity index is 253. The molecule has 0 amide bonds. The van der Waals surface area contributed by atoms with E-state index in [4.69, 9.17) is 23.2 Å². The lowest BCUT2D eigenvalue weighted by Crippen LogP contribution is -1.81. The molecule has 0 aromatic heterocycles. The molecule has 0 saturated heterocycles. The van der Waals surface area contributed by atoms with Gasteiger partial charge in [-0.25, -0.2) is 0 Å². The maximum Gasteiger partial charge on any atom is 0.132 e. The molecule has 0 spiro atoms. The van der Waals surface area contributed by atoms with E-state index >= 15 is 0 Å². The lowest BCUT2D eigenvalue weighted by atomic mass is 10.1. The highest BCUT2D eigenvalue weighted by Gasteiger charge is 2.01. The number of rotatable bonds is 2. The van der Waals surface area contributed by atoms with Crippen molar-refractivity contribution in [3.8, 4) is 0 Å². The Hall–Kier alpha value is -0.460. The van der Waals surface area contributed by atoms with Crippen molar-refractivity contribution in [2.45, 2.75) is 4.84 Å². The standard InChI is InChI=1S/C9H8Cl2/c1-2-7-4-3-5-8(6-7)9(10)11/h2-6,9H,1H2. The van der Waals surface area contributed by atoms with E-state index in [1.807, 2.05) is 24.3 Å². The van der Waals surface area contributed by atoms with Crippen molar-refractivity contribution in [2.24, 2.45) is 0 Å². The highest BCUT2D eigenvalue weighted by Crippen LogP contribution is 2.25. The van der Waals surface area contributed by atoms with Gasteiger partial charge < -0.3 is 0 Å². The minimum absolute atomic E-state index is 0.449. The summed E-state index contributed by atoms with van der Waals surface area (Å²) in [6, 6.07) is 7.66. The molecule has 11 heavy (non-hydrogen) atoms. The first-order valence-electron chi connectivity index (χ1n) is 3.24. The van der Waals surface area contributed by atoms with Crippen LogP contribution < -0.4 is 0 Å². The predicted octanol–water partition coefficient (Wildman–Crippen LogP) is 3.81. The average molecular weight is 187 g/mol. The normalized spacial score (nSPS) is 10.1. The van der Waals surface area contributed by atoms with Crippen LogP contribution in [-0.2, 0) is 0 Å². The topological polar surface area (TPSA) is 0 Å². The summed E-state index contributed by atoms with van der Waals surface area (Å²) in [5.74, 6) is 0. The van der Waals surface area contributed by atoms with Crippen LogP contribution >= 0.6 is 23.2 Å². The molecule has 1 aromatic rings. The minimum atomic E-state index is -0.449. The first kappa shape index (κ1) is 8.63. The molecule has 0 unspecified atom stereocenters. The fourth-order valence-corrected chi connectivity index (χ4v) is 1.09. The number of benzene rings is 1. The zero-order valence-corrected chi connectivity index (χ0v) is 7.44. The molecule has 1 rings (SSSR count). The molecular formula is C9H8Cl2. The van der Waals surface area contributed by atoms with Crippen molar-refractivity contribution in [3.63, 3.8) is 0 Å². The summed E-state index contributed by atoms with van der Waals surface area (Å²) in [4.78, 5) is -0.449. The third kappa shape index (κ3) is 2.25. The van der Waals surface area contributed by atoms with Gasteiger partial charge in [0, 0.05) is 0 Å². The van der Waals surface area contributed by atoms with Gasteiger partial charge in [0.15, 0.2) is 0 Å². The third-order valence-corrected chi connectivity index (χ3v) is 1.90. The van der Waals surface area contributed by atoms with E-state index in [-0.39, 0.29) is 0 Å². The number of halogens is 2. The van der Waals surface area contributed by atoms with Gasteiger partial charge >= 0.3 is 0 Å². The first-order valence-corrected chi connectivity index (χ1v) is 4.12. The van der Waals surface area contributed by atoms with Crippen LogP contribution in [0, 0.1) is 0 Å². The van der Waals surface area contributed by atoms with Crippen molar-refractivity contribution >= 4 is 29.3 Å². The SMILES string of the molecule is C=Cc1cccc(C(Cl)Cl)c1. The van der Waals surface area contributed by atoms with Crippen molar-refractivity contribution < 1.29 is 0 Å². The summed E-state index contributed by atoms with van der Waals surface area (Å²) in [5, 5.41) is 0. The van der Waals surface area contributed by atoms with Crippen molar-refractivity contribution in [3.05, 3.63) is 42.0 Å². The minimum Gasteiger partial charge on any atom is -0.100 e. The molecule has 0 aliphatic rings. The van der Waals surface area contributed by atoms with Gasteiger partial charge in [-0.1, -0.05) is 30.9 Å². The number of hydrogen-bond acceptors (Lipinski definition) is 0. The van der Waals surface area contributed by atoms with Gasteiger partial charge in [-0.15, -0.1) is 23.2 Å². The Labute approximate surface area is 76.4 Å². The summed E-state index contributed by atoms with van der Waals surface area (Å²) in [6.45, 7) is 3.65. The summed E-state index contributed by atoms with van der Waals surface area (Å²) in [5.41, 5.74) is 1.94. The van der Waals surface area contributed by atoms with Gasteiger partial charge in [0.1, 0.15) is 4.84 Å². The molecule has 0 nitrogen and oxygen atoms in total. The summed E-state index contributed by atoms with van der Waals surface area (Å²) in [7, 11) is 0. The van der Waals surface area contributed by atoms with Gasteiger partial charge in [0.25, 0.3) is 0 Å². The van der Waals surface area contributed by atoms with E-state index in [0.29, 0.717) is 0 Å². The van der Waals surface area contributed by atoms with Gasteiger partial charge in [-0.3, -0.25) is 0 Å². The Morgan fingerprint density at radius 1 is 1.36 bits per heavy atom. The van der Waals surface area contributed by atoms with E-state index in [1.165, 1.54) is 0 Å². The molecule has 0 atom stereocenters. The maximum absolute atomic E-state index is 5.66. The Morgan fingerprint density at radius 3 is 2.64 bits per heavy atom. The fourth-order valence-electron chi connectivity index (χ4n) is 0.822. The van der Waals surface area contributed by atoms with E-state index in [2.05, 4.69) is 6.58 Å². The molecule has 0 radical (unpaired) electrons. The van der Waals surface area contributed by atoms with Crippen molar-refractivity contribution in [1.82, 2.24) is 0 Å². The predicted molar refractivity (Wildman–Crippen MR) is 51.0 cm³/mol. The second kappa shape index (κ2) is 3.80. The molecule has 0 heterocycles. The Kier molecular flexibility index (Phi) is 2.98. The first-order chi connectivity index (χ1) is 5.24. The van der Waals surface area contributed by atoms with Crippen LogP contribution in [0.3, 0.4) is 0 Å². The van der Waals surface area contributed by atoms with Crippen LogP contribution in [0.5, 0.6) is 0 Å². The molecule has 0 aliphatic carbocycles. The highest BCUT2D eigenvalue weighted by atomic mass is 35.5. The third-order valence-electron chi connectivity index (χ3n) is 1.40. The second-order valence-corrected chi connectivity index (χ2v) is 3.27. The smallest absolute Gasteiger partial charge is 0.100 e. The van der Waals surface area contributed by atoms with Gasteiger partial charge in [-0.2, -0.15) is 0 Å². The van der Waals surface area contributed by atoms with E-state index in [1.54, 1.807) is 6.08 Å². The van der Waals surface area contributed by atoms with Crippen LogP contribution in [0.15, 0.2) is 30.8 Å². The summed E-state index contributed by atoms with van der Waals surface area (Å²) < 4.78 is 0. The van der Waals surface area contributed by atoms with Gasteiger partial charge in [0.05, 0.1) is 0 Å². The van der Waals surface area contributed by atoms with Crippen LogP contribution in [0.4, 0.5) is 0 Å². The van der Waals surface area contributed by atoms with Crippen molar-refractivity contribution in [1.29, 1.82) is 0 Å². The molecule has 2 heteroatoms. The lowest BCUT2D eigenvalue weighted by molar-refractivity contribution is 1.34. The molecule has 58 valence electrons. The Morgan fingerprint density at radius 2 is 2.09 bits per heavy atom.